The first-order valence-corrected chi connectivity index (χ1v) is 8.53. The van der Waals surface area contributed by atoms with E-state index >= 15 is 0 Å². The monoisotopic (exact) mass is 327 g/mol. The molecule has 0 saturated heterocycles. The van der Waals surface area contributed by atoms with Gasteiger partial charge in [0, 0.05) is 29.0 Å². The van der Waals surface area contributed by atoms with Gasteiger partial charge in [0.2, 0.25) is 5.91 Å². The Morgan fingerprint density at radius 3 is 2.78 bits per heavy atom. The first-order valence-electron chi connectivity index (χ1n) is 7.72. The Morgan fingerprint density at radius 1 is 1.35 bits per heavy atom. The first kappa shape index (κ1) is 15.7. The summed E-state index contributed by atoms with van der Waals surface area (Å²) in [6.07, 6.45) is 2.34. The van der Waals surface area contributed by atoms with Crippen molar-refractivity contribution in [3.63, 3.8) is 0 Å². The van der Waals surface area contributed by atoms with Crippen LogP contribution in [0, 0.1) is 13.8 Å². The molecule has 0 aliphatic rings. The second-order valence-corrected chi connectivity index (χ2v) is 7.13. The number of fused-ring (bicyclic) bond motifs is 1. The largest absolute Gasteiger partial charge is 0.361 e. The maximum absolute atomic E-state index is 12.7. The minimum atomic E-state index is 0.0407. The number of hydrogen-bond acceptors (Lipinski definition) is 3. The van der Waals surface area contributed by atoms with Gasteiger partial charge in [0.15, 0.2) is 0 Å². The van der Waals surface area contributed by atoms with Crippen LogP contribution < -0.4 is 0 Å². The molecule has 4 nitrogen and oxygen atoms in total. The second-order valence-electron chi connectivity index (χ2n) is 5.90. The van der Waals surface area contributed by atoms with Crippen molar-refractivity contribution in [2.45, 2.75) is 33.2 Å². The van der Waals surface area contributed by atoms with Crippen LogP contribution in [-0.4, -0.2) is 27.8 Å². The number of aromatic nitrogens is 2. The molecule has 23 heavy (non-hydrogen) atoms. The SMILES string of the molecule is Cc1nc(C)c([C@H](C)N(C)C(=O)Cc2c[nH]c3ccccc23)s1. The van der Waals surface area contributed by atoms with Gasteiger partial charge in [0.1, 0.15) is 0 Å². The van der Waals surface area contributed by atoms with E-state index in [2.05, 4.69) is 23.0 Å². The van der Waals surface area contributed by atoms with Gasteiger partial charge in [-0.3, -0.25) is 4.79 Å². The van der Waals surface area contributed by atoms with Crippen molar-refractivity contribution in [1.29, 1.82) is 0 Å². The maximum atomic E-state index is 12.7. The van der Waals surface area contributed by atoms with Gasteiger partial charge in [-0.1, -0.05) is 18.2 Å². The normalized spacial score (nSPS) is 12.5. The van der Waals surface area contributed by atoms with Gasteiger partial charge in [0.05, 0.1) is 23.2 Å². The molecule has 3 rings (SSSR count). The number of amides is 1. The van der Waals surface area contributed by atoms with Gasteiger partial charge in [-0.15, -0.1) is 11.3 Å². The number of aryl methyl sites for hydroxylation is 2. The fourth-order valence-electron chi connectivity index (χ4n) is 2.89. The van der Waals surface area contributed by atoms with E-state index < -0.39 is 0 Å². The quantitative estimate of drug-likeness (QED) is 0.787. The number of hydrogen-bond donors (Lipinski definition) is 1. The molecule has 0 aliphatic heterocycles. The number of likely N-dealkylation sites (N-methyl/N-ethyl adjacent to an activating group) is 1. The summed E-state index contributed by atoms with van der Waals surface area (Å²) < 4.78 is 0. The molecule has 3 aromatic rings. The van der Waals surface area contributed by atoms with Crippen LogP contribution in [0.5, 0.6) is 0 Å². The average Bonchev–Trinajstić information content (AvgIpc) is 3.09. The lowest BCUT2D eigenvalue weighted by molar-refractivity contribution is -0.131. The third-order valence-corrected chi connectivity index (χ3v) is 5.55. The highest BCUT2D eigenvalue weighted by Gasteiger charge is 2.22. The number of para-hydroxylation sites is 1. The summed E-state index contributed by atoms with van der Waals surface area (Å²) in [5, 5.41) is 2.16. The van der Waals surface area contributed by atoms with E-state index in [4.69, 9.17) is 0 Å². The lowest BCUT2D eigenvalue weighted by Gasteiger charge is -2.24. The number of carbonyl (C=O) groups is 1. The zero-order chi connectivity index (χ0) is 16.6. The number of nitrogens with one attached hydrogen (secondary N) is 1. The van der Waals surface area contributed by atoms with Crippen LogP contribution in [0.25, 0.3) is 10.9 Å². The summed E-state index contributed by atoms with van der Waals surface area (Å²) in [7, 11) is 1.87. The lowest BCUT2D eigenvalue weighted by Crippen LogP contribution is -2.30. The van der Waals surface area contributed by atoms with Crippen LogP contribution in [0.2, 0.25) is 0 Å². The van der Waals surface area contributed by atoms with Crippen molar-refractivity contribution in [3.05, 3.63) is 51.6 Å². The van der Waals surface area contributed by atoms with Gasteiger partial charge < -0.3 is 9.88 Å². The molecular weight excluding hydrogens is 306 g/mol. The van der Waals surface area contributed by atoms with E-state index in [1.54, 1.807) is 11.3 Å². The van der Waals surface area contributed by atoms with Crippen molar-refractivity contribution in [3.8, 4) is 0 Å². The molecule has 120 valence electrons. The standard InChI is InChI=1S/C18H21N3OS/c1-11-18(23-13(3)20-11)12(2)21(4)17(22)9-14-10-19-16-8-6-5-7-15(14)16/h5-8,10,12,19H,9H2,1-4H3/t12-/m0/s1. The summed E-state index contributed by atoms with van der Waals surface area (Å²) >= 11 is 1.67. The summed E-state index contributed by atoms with van der Waals surface area (Å²) in [6.45, 7) is 6.07. The van der Waals surface area contributed by atoms with Crippen molar-refractivity contribution < 1.29 is 4.79 Å². The third kappa shape index (κ3) is 3.01. The number of H-pyrrole nitrogens is 1. The molecule has 0 saturated carbocycles. The molecule has 2 aromatic heterocycles. The van der Waals surface area contributed by atoms with Crippen LogP contribution in [0.1, 0.15) is 34.1 Å². The Kier molecular flexibility index (Phi) is 4.22. The van der Waals surface area contributed by atoms with E-state index in [1.165, 1.54) is 0 Å². The molecule has 5 heteroatoms. The number of nitrogens with zero attached hydrogens (tertiary/aromatic N) is 2. The molecule has 1 N–H and O–H groups in total. The molecule has 0 radical (unpaired) electrons. The van der Waals surface area contributed by atoms with Gasteiger partial charge in [-0.05, 0) is 32.4 Å². The smallest absolute Gasteiger partial charge is 0.227 e. The van der Waals surface area contributed by atoms with Crippen LogP contribution in [-0.2, 0) is 11.2 Å². The molecular formula is C18H21N3OS. The van der Waals surface area contributed by atoms with E-state index in [0.717, 1.165) is 32.0 Å². The molecule has 1 amide bonds. The fourth-order valence-corrected chi connectivity index (χ4v) is 3.91. The molecule has 0 fully saturated rings. The van der Waals surface area contributed by atoms with Gasteiger partial charge >= 0.3 is 0 Å². The summed E-state index contributed by atoms with van der Waals surface area (Å²) in [4.78, 5) is 23.4. The van der Waals surface area contributed by atoms with Crippen LogP contribution in [0.3, 0.4) is 0 Å². The minimum absolute atomic E-state index is 0.0407. The van der Waals surface area contributed by atoms with Gasteiger partial charge in [-0.25, -0.2) is 4.98 Å². The number of thiazole rings is 1. The van der Waals surface area contributed by atoms with E-state index in [1.807, 2.05) is 50.2 Å². The zero-order valence-electron chi connectivity index (χ0n) is 13.9. The van der Waals surface area contributed by atoms with E-state index in [0.29, 0.717) is 6.42 Å². The Labute approximate surface area is 140 Å². The van der Waals surface area contributed by atoms with Crippen LogP contribution in [0.15, 0.2) is 30.5 Å². The van der Waals surface area contributed by atoms with Crippen molar-refractivity contribution in [2.24, 2.45) is 0 Å². The molecule has 0 bridgehead atoms. The van der Waals surface area contributed by atoms with Crippen molar-refractivity contribution >= 4 is 28.1 Å². The molecule has 0 spiro atoms. The van der Waals surface area contributed by atoms with Gasteiger partial charge in [0.25, 0.3) is 0 Å². The Hall–Kier alpha value is -2.14. The van der Waals surface area contributed by atoms with E-state index in [-0.39, 0.29) is 11.9 Å². The molecule has 0 aliphatic carbocycles. The second kappa shape index (κ2) is 6.16. The van der Waals surface area contributed by atoms with Crippen molar-refractivity contribution in [1.82, 2.24) is 14.9 Å². The van der Waals surface area contributed by atoms with Crippen LogP contribution >= 0.6 is 11.3 Å². The minimum Gasteiger partial charge on any atom is -0.361 e. The fraction of sp³-hybridized carbons (Fsp3) is 0.333. The Morgan fingerprint density at radius 2 is 2.09 bits per heavy atom. The highest BCUT2D eigenvalue weighted by Crippen LogP contribution is 2.29. The number of rotatable bonds is 4. The Bertz CT molecular complexity index is 849. The summed E-state index contributed by atoms with van der Waals surface area (Å²) in [6, 6.07) is 8.11. The van der Waals surface area contributed by atoms with E-state index in [9.17, 15) is 4.79 Å². The highest BCUT2D eigenvalue weighted by molar-refractivity contribution is 7.11. The topological polar surface area (TPSA) is 49.0 Å². The predicted molar refractivity (Wildman–Crippen MR) is 94.8 cm³/mol. The van der Waals surface area contributed by atoms with Crippen LogP contribution in [0.4, 0.5) is 0 Å². The molecule has 1 atom stereocenters. The third-order valence-electron chi connectivity index (χ3n) is 4.31. The Balaban J connectivity index is 1.78. The molecule has 2 heterocycles. The number of carbonyl (C=O) groups excluding carboxylic acids is 1. The van der Waals surface area contributed by atoms with Gasteiger partial charge in [-0.2, -0.15) is 0 Å². The highest BCUT2D eigenvalue weighted by atomic mass is 32.1. The summed E-state index contributed by atoms with van der Waals surface area (Å²) in [5.74, 6) is 0.118. The zero-order valence-corrected chi connectivity index (χ0v) is 14.7. The first-order chi connectivity index (χ1) is 11.0. The maximum Gasteiger partial charge on any atom is 0.227 e. The number of aromatic amines is 1. The lowest BCUT2D eigenvalue weighted by atomic mass is 10.1. The number of benzene rings is 1. The molecule has 1 aromatic carbocycles. The molecule has 0 unspecified atom stereocenters. The predicted octanol–water partition coefficient (Wildman–Crippen LogP) is 4.00. The van der Waals surface area contributed by atoms with Crippen molar-refractivity contribution in [2.75, 3.05) is 7.05 Å². The average molecular weight is 327 g/mol. The summed E-state index contributed by atoms with van der Waals surface area (Å²) in [5.41, 5.74) is 3.13.